The number of aryl methyl sites for hydroxylation is 1. The van der Waals surface area contributed by atoms with E-state index in [2.05, 4.69) is 14.8 Å². The zero-order valence-electron chi connectivity index (χ0n) is 11.2. The molecule has 20 heavy (non-hydrogen) atoms. The maximum atomic E-state index is 12.0. The molecule has 0 bridgehead atoms. The van der Waals surface area contributed by atoms with Crippen molar-refractivity contribution in [2.45, 2.75) is 25.0 Å². The Morgan fingerprint density at radius 2 is 2.15 bits per heavy atom. The van der Waals surface area contributed by atoms with Crippen molar-refractivity contribution in [1.82, 2.24) is 19.5 Å². The molecule has 0 aliphatic heterocycles. The summed E-state index contributed by atoms with van der Waals surface area (Å²) in [5.74, 6) is 0. The molecule has 8 heteroatoms. The van der Waals surface area contributed by atoms with E-state index >= 15 is 0 Å². The van der Waals surface area contributed by atoms with Crippen molar-refractivity contribution in [3.05, 3.63) is 41.9 Å². The predicted octanol–water partition coefficient (Wildman–Crippen LogP) is 0.0237. The van der Waals surface area contributed by atoms with Crippen molar-refractivity contribution in [3.63, 3.8) is 0 Å². The summed E-state index contributed by atoms with van der Waals surface area (Å²) in [7, 11) is -3.59. The Hall–Kier alpha value is -1.77. The molecule has 0 amide bonds. The van der Waals surface area contributed by atoms with E-state index in [1.54, 1.807) is 16.9 Å². The molecule has 0 aliphatic carbocycles. The van der Waals surface area contributed by atoms with Gasteiger partial charge in [-0.25, -0.2) is 18.1 Å². The first-order chi connectivity index (χ1) is 9.51. The average molecular weight is 295 g/mol. The number of nitrogens with zero attached hydrogens (tertiary/aromatic N) is 3. The van der Waals surface area contributed by atoms with Gasteiger partial charge in [0.2, 0.25) is 0 Å². The van der Waals surface area contributed by atoms with Crippen molar-refractivity contribution in [2.75, 3.05) is 6.54 Å². The lowest BCUT2D eigenvalue weighted by Gasteiger charge is -2.06. The monoisotopic (exact) mass is 295 g/mol. The Morgan fingerprint density at radius 1 is 1.35 bits per heavy atom. The highest BCUT2D eigenvalue weighted by Gasteiger charge is 2.14. The number of rotatable bonds is 6. The highest BCUT2D eigenvalue weighted by atomic mass is 32.2. The summed E-state index contributed by atoms with van der Waals surface area (Å²) >= 11 is 0. The van der Waals surface area contributed by atoms with Crippen molar-refractivity contribution in [2.24, 2.45) is 5.73 Å². The molecule has 0 saturated carbocycles. The molecule has 2 aromatic rings. The second kappa shape index (κ2) is 6.12. The first-order valence-electron chi connectivity index (χ1n) is 6.15. The number of nitrogens with one attached hydrogen (secondary N) is 1. The van der Waals surface area contributed by atoms with E-state index in [1.165, 1.54) is 12.3 Å². The van der Waals surface area contributed by atoms with Gasteiger partial charge in [0.1, 0.15) is 0 Å². The predicted molar refractivity (Wildman–Crippen MR) is 74.3 cm³/mol. The maximum absolute atomic E-state index is 12.0. The molecule has 0 spiro atoms. The van der Waals surface area contributed by atoms with Gasteiger partial charge in [-0.15, -0.1) is 0 Å². The van der Waals surface area contributed by atoms with Gasteiger partial charge < -0.3 is 5.73 Å². The van der Waals surface area contributed by atoms with E-state index in [-0.39, 0.29) is 11.6 Å². The molecule has 0 aromatic carbocycles. The lowest BCUT2D eigenvalue weighted by atomic mass is 10.3. The number of sulfonamides is 1. The van der Waals surface area contributed by atoms with Crippen LogP contribution in [0.4, 0.5) is 0 Å². The van der Waals surface area contributed by atoms with E-state index < -0.39 is 10.0 Å². The third-order valence-corrected chi connectivity index (χ3v) is 4.08. The zero-order valence-corrected chi connectivity index (χ0v) is 12.0. The Bertz CT molecular complexity index is 663. The van der Waals surface area contributed by atoms with Gasteiger partial charge in [0.15, 0.2) is 5.03 Å². The minimum atomic E-state index is -3.59. The molecule has 0 fully saturated rings. The summed E-state index contributed by atoms with van der Waals surface area (Å²) in [6.07, 6.45) is 5.04. The van der Waals surface area contributed by atoms with E-state index in [4.69, 9.17) is 5.73 Å². The molecule has 0 aliphatic rings. The number of nitrogens with two attached hydrogens (primary N) is 1. The van der Waals surface area contributed by atoms with Crippen LogP contribution in [0.25, 0.3) is 0 Å². The number of aromatic nitrogens is 3. The van der Waals surface area contributed by atoms with Crippen LogP contribution in [0.1, 0.15) is 11.1 Å². The third-order valence-electron chi connectivity index (χ3n) is 2.70. The zero-order chi connectivity index (χ0) is 14.6. The minimum absolute atomic E-state index is 0.00801. The fraction of sp³-hybridized carbons (Fsp3) is 0.333. The fourth-order valence-corrected chi connectivity index (χ4v) is 2.59. The number of hydrogen-bond donors (Lipinski definition) is 2. The van der Waals surface area contributed by atoms with E-state index in [1.807, 2.05) is 13.1 Å². The standard InChI is InChI=1S/C12H17N5O2S/c1-10-7-15-17(9-10)5-4-16-20(18,19)12-3-2-11(6-13)8-14-12/h2-3,7-9,16H,4-6,13H2,1H3. The second-order valence-corrected chi connectivity index (χ2v) is 6.10. The number of hydrogen-bond acceptors (Lipinski definition) is 5. The summed E-state index contributed by atoms with van der Waals surface area (Å²) in [5.41, 5.74) is 7.26. The van der Waals surface area contributed by atoms with Gasteiger partial charge in [-0.05, 0) is 24.1 Å². The van der Waals surface area contributed by atoms with Crippen LogP contribution in [0, 0.1) is 6.92 Å². The first kappa shape index (κ1) is 14.6. The van der Waals surface area contributed by atoms with Crippen LogP contribution in [-0.2, 0) is 23.1 Å². The average Bonchev–Trinajstić information content (AvgIpc) is 2.84. The summed E-state index contributed by atoms with van der Waals surface area (Å²) < 4.78 is 28.2. The van der Waals surface area contributed by atoms with Crippen LogP contribution in [0.2, 0.25) is 0 Å². The van der Waals surface area contributed by atoms with Gasteiger partial charge in [0.25, 0.3) is 10.0 Å². The molecule has 0 saturated heterocycles. The highest BCUT2D eigenvalue weighted by Crippen LogP contribution is 2.06. The van der Waals surface area contributed by atoms with Crippen LogP contribution < -0.4 is 10.5 Å². The third kappa shape index (κ3) is 3.62. The van der Waals surface area contributed by atoms with Gasteiger partial charge in [0, 0.05) is 25.5 Å². The molecular weight excluding hydrogens is 278 g/mol. The normalized spacial score (nSPS) is 11.7. The molecule has 0 radical (unpaired) electrons. The summed E-state index contributed by atoms with van der Waals surface area (Å²) in [6, 6.07) is 3.10. The topological polar surface area (TPSA) is 103 Å². The van der Waals surface area contributed by atoms with E-state index in [9.17, 15) is 8.42 Å². The van der Waals surface area contributed by atoms with E-state index in [0.717, 1.165) is 11.1 Å². The summed E-state index contributed by atoms with van der Waals surface area (Å²) in [5, 5.41) is 4.08. The molecule has 2 heterocycles. The largest absolute Gasteiger partial charge is 0.326 e. The molecule has 2 rings (SSSR count). The molecule has 3 N–H and O–H groups in total. The van der Waals surface area contributed by atoms with Crippen molar-refractivity contribution < 1.29 is 8.42 Å². The van der Waals surface area contributed by atoms with Gasteiger partial charge in [0.05, 0.1) is 12.7 Å². The van der Waals surface area contributed by atoms with E-state index in [0.29, 0.717) is 13.1 Å². The minimum Gasteiger partial charge on any atom is -0.326 e. The van der Waals surface area contributed by atoms with Crippen LogP contribution in [0.3, 0.4) is 0 Å². The molecule has 0 unspecified atom stereocenters. The molecular formula is C12H17N5O2S. The number of pyridine rings is 1. The van der Waals surface area contributed by atoms with Crippen LogP contribution in [0.5, 0.6) is 0 Å². The van der Waals surface area contributed by atoms with Crippen molar-refractivity contribution in [3.8, 4) is 0 Å². The first-order valence-corrected chi connectivity index (χ1v) is 7.63. The lowest BCUT2D eigenvalue weighted by molar-refractivity contribution is 0.558. The molecule has 108 valence electrons. The van der Waals surface area contributed by atoms with Crippen molar-refractivity contribution >= 4 is 10.0 Å². The summed E-state index contributed by atoms with van der Waals surface area (Å²) in [6.45, 7) is 2.98. The molecule has 2 aromatic heterocycles. The Balaban J connectivity index is 1.96. The smallest absolute Gasteiger partial charge is 0.258 e. The molecule has 0 atom stereocenters. The Kier molecular flexibility index (Phi) is 4.48. The lowest BCUT2D eigenvalue weighted by Crippen LogP contribution is -2.28. The maximum Gasteiger partial charge on any atom is 0.258 e. The quantitative estimate of drug-likeness (QED) is 0.782. The van der Waals surface area contributed by atoms with Crippen LogP contribution in [0.15, 0.2) is 35.7 Å². The highest BCUT2D eigenvalue weighted by molar-refractivity contribution is 7.89. The molecule has 7 nitrogen and oxygen atoms in total. The second-order valence-electron chi connectivity index (χ2n) is 4.39. The summed E-state index contributed by atoms with van der Waals surface area (Å²) in [4.78, 5) is 3.90. The fourth-order valence-electron chi connectivity index (χ4n) is 1.65. The van der Waals surface area contributed by atoms with Crippen LogP contribution >= 0.6 is 0 Å². The van der Waals surface area contributed by atoms with Gasteiger partial charge >= 0.3 is 0 Å². The Morgan fingerprint density at radius 3 is 2.70 bits per heavy atom. The van der Waals surface area contributed by atoms with Crippen molar-refractivity contribution in [1.29, 1.82) is 0 Å². The van der Waals surface area contributed by atoms with Gasteiger partial charge in [-0.1, -0.05) is 6.07 Å². The van der Waals surface area contributed by atoms with Gasteiger partial charge in [-0.3, -0.25) is 4.68 Å². The SMILES string of the molecule is Cc1cnn(CCNS(=O)(=O)c2ccc(CN)cn2)c1. The van der Waals surface area contributed by atoms with Gasteiger partial charge in [-0.2, -0.15) is 5.10 Å². The van der Waals surface area contributed by atoms with Crippen LogP contribution in [-0.4, -0.2) is 29.7 Å². The Labute approximate surface area is 117 Å².